The summed E-state index contributed by atoms with van der Waals surface area (Å²) in [6, 6.07) is -1.37. The second-order valence-corrected chi connectivity index (χ2v) is 4.41. The van der Waals surface area contributed by atoms with Gasteiger partial charge in [-0.2, -0.15) is 0 Å². The molecule has 102 valence electrons. The Labute approximate surface area is 105 Å². The summed E-state index contributed by atoms with van der Waals surface area (Å²) in [7, 11) is 1.24. The molecule has 0 radical (unpaired) electrons. The van der Waals surface area contributed by atoms with Gasteiger partial charge in [-0.1, -0.05) is 0 Å². The van der Waals surface area contributed by atoms with Crippen LogP contribution < -0.4 is 10.6 Å². The number of rotatable bonds is 4. The first-order chi connectivity index (χ1) is 8.43. The molecule has 7 heteroatoms. The van der Waals surface area contributed by atoms with Crippen LogP contribution in [0.2, 0.25) is 0 Å². The third kappa shape index (κ3) is 3.90. The van der Waals surface area contributed by atoms with Gasteiger partial charge < -0.3 is 20.5 Å². The Hall–Kier alpha value is -1.79. The second-order valence-electron chi connectivity index (χ2n) is 4.41. The maximum Gasteiger partial charge on any atom is 0.328 e. The number of methoxy groups -OCH3 is 1. The molecule has 1 rings (SSSR count). The summed E-state index contributed by atoms with van der Waals surface area (Å²) < 4.78 is 4.47. The van der Waals surface area contributed by atoms with Crippen LogP contribution in [0.3, 0.4) is 0 Å². The number of hydrogen-bond donors (Lipinski definition) is 3. The minimum absolute atomic E-state index is 0.157. The first-order valence-corrected chi connectivity index (χ1v) is 5.81. The average Bonchev–Trinajstić information content (AvgIpc) is 2.76. The van der Waals surface area contributed by atoms with E-state index < -0.39 is 29.9 Å². The van der Waals surface area contributed by atoms with Crippen LogP contribution in [-0.4, -0.2) is 42.3 Å². The van der Waals surface area contributed by atoms with E-state index in [1.54, 1.807) is 0 Å². The van der Waals surface area contributed by atoms with Crippen LogP contribution in [0.4, 0.5) is 4.79 Å². The molecule has 1 aliphatic carbocycles. The van der Waals surface area contributed by atoms with Crippen LogP contribution in [-0.2, 0) is 14.3 Å². The number of hydrogen-bond acceptors (Lipinski definition) is 4. The monoisotopic (exact) mass is 258 g/mol. The Morgan fingerprint density at radius 1 is 1.33 bits per heavy atom. The fourth-order valence-electron chi connectivity index (χ4n) is 2.00. The van der Waals surface area contributed by atoms with Crippen molar-refractivity contribution in [2.75, 3.05) is 7.11 Å². The molecular formula is C11H18N2O5. The molecule has 0 heterocycles. The van der Waals surface area contributed by atoms with Crippen molar-refractivity contribution in [3.63, 3.8) is 0 Å². The predicted molar refractivity (Wildman–Crippen MR) is 61.9 cm³/mol. The van der Waals surface area contributed by atoms with Crippen LogP contribution >= 0.6 is 0 Å². The Morgan fingerprint density at radius 2 is 2.00 bits per heavy atom. The zero-order valence-corrected chi connectivity index (χ0v) is 10.4. The van der Waals surface area contributed by atoms with E-state index in [0.29, 0.717) is 19.3 Å². The topological polar surface area (TPSA) is 105 Å². The highest BCUT2D eigenvalue weighted by Crippen LogP contribution is 2.25. The number of carbonyl (C=O) groups is 3. The highest BCUT2D eigenvalue weighted by atomic mass is 16.5. The number of aliphatic carboxylic acids is 1. The molecule has 7 nitrogen and oxygen atoms in total. The summed E-state index contributed by atoms with van der Waals surface area (Å²) in [6.07, 6.45) is 1.62. The van der Waals surface area contributed by atoms with Crippen LogP contribution in [0.1, 0.15) is 26.2 Å². The van der Waals surface area contributed by atoms with E-state index in [1.165, 1.54) is 14.0 Å². The normalized spacial score (nSPS) is 24.1. The zero-order chi connectivity index (χ0) is 13.7. The van der Waals surface area contributed by atoms with Crippen molar-refractivity contribution in [3.8, 4) is 0 Å². The van der Waals surface area contributed by atoms with Crippen LogP contribution in [0.15, 0.2) is 0 Å². The van der Waals surface area contributed by atoms with Gasteiger partial charge in [0.05, 0.1) is 13.0 Å². The summed E-state index contributed by atoms with van der Waals surface area (Å²) in [6.45, 7) is 1.51. The van der Waals surface area contributed by atoms with Gasteiger partial charge in [-0.05, 0) is 26.2 Å². The maximum atomic E-state index is 11.5. The number of carboxylic acids is 1. The van der Waals surface area contributed by atoms with E-state index in [4.69, 9.17) is 5.11 Å². The van der Waals surface area contributed by atoms with Gasteiger partial charge in [0.1, 0.15) is 6.04 Å². The van der Waals surface area contributed by atoms with Crippen molar-refractivity contribution in [1.82, 2.24) is 10.6 Å². The quantitative estimate of drug-likeness (QED) is 0.620. The average molecular weight is 258 g/mol. The Balaban J connectivity index is 2.33. The van der Waals surface area contributed by atoms with Crippen LogP contribution in [0.5, 0.6) is 0 Å². The first kappa shape index (κ1) is 14.3. The van der Waals surface area contributed by atoms with E-state index in [0.717, 1.165) is 0 Å². The van der Waals surface area contributed by atoms with Crippen molar-refractivity contribution >= 4 is 18.0 Å². The third-order valence-corrected chi connectivity index (χ3v) is 3.02. The fourth-order valence-corrected chi connectivity index (χ4v) is 2.00. The van der Waals surface area contributed by atoms with Crippen molar-refractivity contribution in [3.05, 3.63) is 0 Å². The van der Waals surface area contributed by atoms with Gasteiger partial charge in [0.15, 0.2) is 0 Å². The molecule has 3 atom stereocenters. The molecule has 0 spiro atoms. The standard InChI is InChI=1S/C11H18N2O5/c1-6(10(16)18-2)12-11(17)13-8-4-3-7(5-8)9(14)15/h6-8H,3-5H2,1-2H3,(H,14,15)(H2,12,13,17)/t6?,7-,8+/m1/s1. The van der Waals surface area contributed by atoms with Crippen LogP contribution in [0, 0.1) is 5.92 Å². The van der Waals surface area contributed by atoms with E-state index in [1.807, 2.05) is 0 Å². The number of esters is 1. The van der Waals surface area contributed by atoms with E-state index in [9.17, 15) is 14.4 Å². The highest BCUT2D eigenvalue weighted by Gasteiger charge is 2.30. The summed E-state index contributed by atoms with van der Waals surface area (Å²) in [5, 5.41) is 13.9. The SMILES string of the molecule is COC(=O)C(C)NC(=O)N[C@H]1CC[C@@H](C(=O)O)C1. The minimum atomic E-state index is -0.831. The number of amides is 2. The summed E-state index contributed by atoms with van der Waals surface area (Å²) in [5.41, 5.74) is 0. The molecule has 3 N–H and O–H groups in total. The minimum Gasteiger partial charge on any atom is -0.481 e. The molecule has 0 aliphatic heterocycles. The van der Waals surface area contributed by atoms with Gasteiger partial charge in [0, 0.05) is 6.04 Å². The number of urea groups is 1. The van der Waals surface area contributed by atoms with Crippen LogP contribution in [0.25, 0.3) is 0 Å². The van der Waals surface area contributed by atoms with Gasteiger partial charge in [0.2, 0.25) is 0 Å². The molecule has 0 aromatic carbocycles. The third-order valence-electron chi connectivity index (χ3n) is 3.02. The smallest absolute Gasteiger partial charge is 0.328 e. The lowest BCUT2D eigenvalue weighted by Gasteiger charge is -2.16. The molecule has 1 fully saturated rings. The number of nitrogens with one attached hydrogen (secondary N) is 2. The fraction of sp³-hybridized carbons (Fsp3) is 0.727. The molecule has 0 saturated heterocycles. The lowest BCUT2D eigenvalue weighted by atomic mass is 10.1. The molecule has 1 unspecified atom stereocenters. The molecular weight excluding hydrogens is 240 g/mol. The summed E-state index contributed by atoms with van der Waals surface area (Å²) in [4.78, 5) is 33.4. The Bertz CT molecular complexity index is 344. The van der Waals surface area contributed by atoms with Crippen molar-refractivity contribution in [1.29, 1.82) is 0 Å². The van der Waals surface area contributed by atoms with Gasteiger partial charge in [0.25, 0.3) is 0 Å². The molecule has 0 aromatic heterocycles. The molecule has 1 saturated carbocycles. The molecule has 0 aromatic rings. The van der Waals surface area contributed by atoms with Gasteiger partial charge in [-0.25, -0.2) is 9.59 Å². The lowest BCUT2D eigenvalue weighted by Crippen LogP contribution is -2.47. The number of ether oxygens (including phenoxy) is 1. The second kappa shape index (κ2) is 6.23. The number of carboxylic acid groups (broad SMARTS) is 1. The predicted octanol–water partition coefficient (Wildman–Crippen LogP) is 0.100. The largest absolute Gasteiger partial charge is 0.481 e. The van der Waals surface area contributed by atoms with Gasteiger partial charge in [-0.3, -0.25) is 4.79 Å². The van der Waals surface area contributed by atoms with E-state index in [2.05, 4.69) is 15.4 Å². The van der Waals surface area contributed by atoms with Gasteiger partial charge in [-0.15, -0.1) is 0 Å². The Kier molecular flexibility index (Phi) is 4.94. The summed E-state index contributed by atoms with van der Waals surface area (Å²) in [5.74, 6) is -1.75. The van der Waals surface area contributed by atoms with Crippen molar-refractivity contribution < 1.29 is 24.2 Å². The lowest BCUT2D eigenvalue weighted by molar-refractivity contribution is -0.142. The van der Waals surface area contributed by atoms with E-state index >= 15 is 0 Å². The number of carbonyl (C=O) groups excluding carboxylic acids is 2. The maximum absolute atomic E-state index is 11.5. The molecule has 18 heavy (non-hydrogen) atoms. The molecule has 0 bridgehead atoms. The Morgan fingerprint density at radius 3 is 2.50 bits per heavy atom. The van der Waals surface area contributed by atoms with Crippen molar-refractivity contribution in [2.45, 2.75) is 38.3 Å². The zero-order valence-electron chi connectivity index (χ0n) is 10.4. The molecule has 1 aliphatic rings. The highest BCUT2D eigenvalue weighted by molar-refractivity contribution is 5.83. The van der Waals surface area contributed by atoms with E-state index in [-0.39, 0.29) is 6.04 Å². The van der Waals surface area contributed by atoms with Gasteiger partial charge >= 0.3 is 18.0 Å². The molecule has 2 amide bonds. The van der Waals surface area contributed by atoms with Crippen molar-refractivity contribution in [2.24, 2.45) is 5.92 Å². The summed E-state index contributed by atoms with van der Waals surface area (Å²) >= 11 is 0. The first-order valence-electron chi connectivity index (χ1n) is 5.81.